The maximum absolute atomic E-state index is 11.4. The number of sulfone groups is 1. The molecule has 1 aromatic rings. The van der Waals surface area contributed by atoms with Gasteiger partial charge in [0.2, 0.25) is 0 Å². The number of tetrazole rings is 1. The first kappa shape index (κ1) is 11.5. The van der Waals surface area contributed by atoms with Crippen LogP contribution in [0.25, 0.3) is 0 Å². The maximum Gasteiger partial charge on any atom is 0.191 e. The van der Waals surface area contributed by atoms with E-state index in [1.807, 2.05) is 6.92 Å². The predicted molar refractivity (Wildman–Crippen MR) is 57.4 cm³/mol. The summed E-state index contributed by atoms with van der Waals surface area (Å²) >= 11 is 0. The van der Waals surface area contributed by atoms with Crippen molar-refractivity contribution in [2.24, 2.45) is 0 Å². The summed E-state index contributed by atoms with van der Waals surface area (Å²) in [7, 11) is -2.87. The SMILES string of the molecule is CC(NC1CCCS(=O)(=O)C1)c1nn[nH]n1. The Balaban J connectivity index is 1.95. The molecule has 2 rings (SSSR count). The number of aromatic amines is 1. The van der Waals surface area contributed by atoms with E-state index in [-0.39, 0.29) is 17.8 Å². The van der Waals surface area contributed by atoms with E-state index in [1.54, 1.807) is 0 Å². The molecule has 1 aliphatic rings. The van der Waals surface area contributed by atoms with Crippen molar-refractivity contribution in [3.8, 4) is 0 Å². The standard InChI is InChI=1S/C8H15N5O2S/c1-6(8-10-12-13-11-8)9-7-3-2-4-16(14,15)5-7/h6-7,9H,2-5H2,1H3,(H,10,11,12,13). The van der Waals surface area contributed by atoms with Gasteiger partial charge in [0.1, 0.15) is 0 Å². The third kappa shape index (κ3) is 2.76. The summed E-state index contributed by atoms with van der Waals surface area (Å²) in [5.41, 5.74) is 0. The highest BCUT2D eigenvalue weighted by Gasteiger charge is 2.26. The lowest BCUT2D eigenvalue weighted by atomic mass is 10.1. The zero-order chi connectivity index (χ0) is 11.6. The van der Waals surface area contributed by atoms with Crippen molar-refractivity contribution in [1.82, 2.24) is 25.9 Å². The van der Waals surface area contributed by atoms with Gasteiger partial charge >= 0.3 is 0 Å². The van der Waals surface area contributed by atoms with Crippen LogP contribution >= 0.6 is 0 Å². The van der Waals surface area contributed by atoms with Crippen molar-refractivity contribution >= 4 is 9.84 Å². The molecular weight excluding hydrogens is 230 g/mol. The van der Waals surface area contributed by atoms with Gasteiger partial charge in [-0.3, -0.25) is 0 Å². The van der Waals surface area contributed by atoms with E-state index in [2.05, 4.69) is 25.9 Å². The number of H-pyrrole nitrogens is 1. The summed E-state index contributed by atoms with van der Waals surface area (Å²) in [6.45, 7) is 1.89. The highest BCUT2D eigenvalue weighted by Crippen LogP contribution is 2.15. The van der Waals surface area contributed by atoms with Crippen LogP contribution in [0.2, 0.25) is 0 Å². The first-order valence-corrected chi connectivity index (χ1v) is 7.09. The van der Waals surface area contributed by atoms with Crippen LogP contribution in [0.1, 0.15) is 31.6 Å². The third-order valence-corrected chi connectivity index (χ3v) is 4.52. The molecule has 2 atom stereocenters. The van der Waals surface area contributed by atoms with Gasteiger partial charge in [-0.15, -0.1) is 10.2 Å². The summed E-state index contributed by atoms with van der Waals surface area (Å²) in [6, 6.07) is -0.0932. The van der Waals surface area contributed by atoms with E-state index in [0.29, 0.717) is 11.6 Å². The molecule has 0 saturated carbocycles. The smallest absolute Gasteiger partial charge is 0.191 e. The number of nitrogens with zero attached hydrogens (tertiary/aromatic N) is 3. The van der Waals surface area contributed by atoms with Crippen LogP contribution in [0.15, 0.2) is 0 Å². The summed E-state index contributed by atoms with van der Waals surface area (Å²) in [5.74, 6) is 1.07. The number of nitrogens with one attached hydrogen (secondary N) is 2. The number of hydrogen-bond acceptors (Lipinski definition) is 6. The van der Waals surface area contributed by atoms with Gasteiger partial charge in [-0.05, 0) is 19.8 Å². The monoisotopic (exact) mass is 245 g/mol. The minimum atomic E-state index is -2.87. The minimum Gasteiger partial charge on any atom is -0.304 e. The molecular formula is C8H15N5O2S. The van der Waals surface area contributed by atoms with Crippen molar-refractivity contribution in [3.05, 3.63) is 5.82 Å². The Hall–Kier alpha value is -1.02. The molecule has 1 saturated heterocycles. The van der Waals surface area contributed by atoms with Gasteiger partial charge in [-0.25, -0.2) is 8.42 Å². The number of aromatic nitrogens is 4. The fourth-order valence-electron chi connectivity index (χ4n) is 1.94. The van der Waals surface area contributed by atoms with Crippen molar-refractivity contribution in [2.75, 3.05) is 11.5 Å². The Labute approximate surface area is 93.9 Å². The molecule has 2 heterocycles. The lowest BCUT2D eigenvalue weighted by Crippen LogP contribution is -2.41. The van der Waals surface area contributed by atoms with Crippen molar-refractivity contribution in [2.45, 2.75) is 31.8 Å². The highest BCUT2D eigenvalue weighted by molar-refractivity contribution is 7.91. The molecule has 16 heavy (non-hydrogen) atoms. The highest BCUT2D eigenvalue weighted by atomic mass is 32.2. The normalized spacial score (nSPS) is 26.4. The molecule has 1 fully saturated rings. The minimum absolute atomic E-state index is 0.00718. The average molecular weight is 245 g/mol. The first-order valence-electron chi connectivity index (χ1n) is 5.26. The van der Waals surface area contributed by atoms with Crippen LogP contribution in [-0.4, -0.2) is 46.6 Å². The zero-order valence-corrected chi connectivity index (χ0v) is 9.87. The van der Waals surface area contributed by atoms with Crippen molar-refractivity contribution in [1.29, 1.82) is 0 Å². The van der Waals surface area contributed by atoms with Crippen LogP contribution in [0.4, 0.5) is 0 Å². The van der Waals surface area contributed by atoms with Crippen molar-refractivity contribution in [3.63, 3.8) is 0 Å². The van der Waals surface area contributed by atoms with Crippen LogP contribution < -0.4 is 5.32 Å². The molecule has 2 unspecified atom stereocenters. The Bertz CT molecular complexity index is 429. The lowest BCUT2D eigenvalue weighted by molar-refractivity contribution is 0.427. The van der Waals surface area contributed by atoms with E-state index < -0.39 is 9.84 Å². The quantitative estimate of drug-likeness (QED) is 0.739. The average Bonchev–Trinajstić information content (AvgIpc) is 2.68. The molecule has 0 radical (unpaired) electrons. The molecule has 90 valence electrons. The lowest BCUT2D eigenvalue weighted by Gasteiger charge is -2.25. The van der Waals surface area contributed by atoms with Crippen LogP contribution in [0.5, 0.6) is 0 Å². The van der Waals surface area contributed by atoms with Gasteiger partial charge in [-0.1, -0.05) is 5.21 Å². The van der Waals surface area contributed by atoms with Crippen LogP contribution in [0.3, 0.4) is 0 Å². The van der Waals surface area contributed by atoms with E-state index in [9.17, 15) is 8.42 Å². The first-order chi connectivity index (χ1) is 7.57. The Morgan fingerprint density at radius 1 is 1.56 bits per heavy atom. The largest absolute Gasteiger partial charge is 0.304 e. The van der Waals surface area contributed by atoms with Gasteiger partial charge < -0.3 is 5.32 Å². The van der Waals surface area contributed by atoms with Gasteiger partial charge in [-0.2, -0.15) is 5.21 Å². The van der Waals surface area contributed by atoms with Gasteiger partial charge in [0, 0.05) is 6.04 Å². The second-order valence-corrected chi connectivity index (χ2v) is 6.34. The summed E-state index contributed by atoms with van der Waals surface area (Å²) in [4.78, 5) is 0. The molecule has 0 bridgehead atoms. The molecule has 0 spiro atoms. The summed E-state index contributed by atoms with van der Waals surface area (Å²) < 4.78 is 22.9. The molecule has 2 N–H and O–H groups in total. The van der Waals surface area contributed by atoms with Gasteiger partial charge in [0.05, 0.1) is 17.5 Å². The number of rotatable bonds is 3. The van der Waals surface area contributed by atoms with Gasteiger partial charge in [0.15, 0.2) is 15.7 Å². The number of hydrogen-bond donors (Lipinski definition) is 2. The van der Waals surface area contributed by atoms with Crippen LogP contribution in [-0.2, 0) is 9.84 Å². The van der Waals surface area contributed by atoms with Gasteiger partial charge in [0.25, 0.3) is 0 Å². The Kier molecular flexibility index (Phi) is 3.20. The van der Waals surface area contributed by atoms with E-state index >= 15 is 0 Å². The second-order valence-electron chi connectivity index (χ2n) is 4.11. The molecule has 1 aliphatic heterocycles. The molecule has 0 aliphatic carbocycles. The third-order valence-electron chi connectivity index (χ3n) is 2.70. The summed E-state index contributed by atoms with van der Waals surface area (Å²) in [6.07, 6.45) is 1.60. The Morgan fingerprint density at radius 3 is 3.00 bits per heavy atom. The fourth-order valence-corrected chi connectivity index (χ4v) is 3.58. The zero-order valence-electron chi connectivity index (χ0n) is 9.05. The van der Waals surface area contributed by atoms with E-state index in [0.717, 1.165) is 12.8 Å². The summed E-state index contributed by atoms with van der Waals surface area (Å²) in [5, 5.41) is 16.8. The maximum atomic E-state index is 11.4. The second kappa shape index (κ2) is 4.46. The fraction of sp³-hybridized carbons (Fsp3) is 0.875. The molecule has 0 aromatic carbocycles. The van der Waals surface area contributed by atoms with E-state index in [4.69, 9.17) is 0 Å². The predicted octanol–water partition coefficient (Wildman–Crippen LogP) is -0.573. The topological polar surface area (TPSA) is 101 Å². The molecule has 0 amide bonds. The van der Waals surface area contributed by atoms with Crippen molar-refractivity contribution < 1.29 is 8.42 Å². The molecule has 7 nitrogen and oxygen atoms in total. The van der Waals surface area contributed by atoms with E-state index in [1.165, 1.54) is 0 Å². The van der Waals surface area contributed by atoms with Crippen LogP contribution in [0, 0.1) is 0 Å². The molecule has 1 aromatic heterocycles. The molecule has 8 heteroatoms. The Morgan fingerprint density at radius 2 is 2.38 bits per heavy atom.